The fourth-order valence-corrected chi connectivity index (χ4v) is 3.16. The van der Waals surface area contributed by atoms with Crippen molar-refractivity contribution in [2.24, 2.45) is 0 Å². The maximum Gasteiger partial charge on any atom is 0.345 e. The van der Waals surface area contributed by atoms with E-state index in [1.807, 2.05) is 4.90 Å². The topological polar surface area (TPSA) is 60.9 Å². The first-order valence-electron chi connectivity index (χ1n) is 6.89. The first-order chi connectivity index (χ1) is 9.52. The van der Waals surface area contributed by atoms with Crippen LogP contribution in [0, 0.1) is 0 Å². The third kappa shape index (κ3) is 3.19. The van der Waals surface area contributed by atoms with Gasteiger partial charge in [0.2, 0.25) is 0 Å². The Labute approximate surface area is 122 Å². The highest BCUT2D eigenvalue weighted by molar-refractivity contribution is 7.15. The predicted molar refractivity (Wildman–Crippen MR) is 78.5 cm³/mol. The van der Waals surface area contributed by atoms with Gasteiger partial charge in [0.05, 0.1) is 4.88 Å². The van der Waals surface area contributed by atoms with Crippen LogP contribution in [0.1, 0.15) is 39.6 Å². The lowest BCUT2D eigenvalue weighted by molar-refractivity contribution is 0.0584. The number of piperazine rings is 1. The van der Waals surface area contributed by atoms with Gasteiger partial charge in [0.1, 0.15) is 4.88 Å². The van der Waals surface area contributed by atoms with E-state index in [0.29, 0.717) is 24.0 Å². The summed E-state index contributed by atoms with van der Waals surface area (Å²) in [6.45, 7) is 7.57. The minimum atomic E-state index is -0.976. The number of nitrogens with zero attached hydrogens (tertiary/aromatic N) is 2. The Morgan fingerprint density at radius 1 is 1.25 bits per heavy atom. The third-order valence-electron chi connectivity index (χ3n) is 3.84. The molecule has 2 rings (SSSR count). The molecule has 1 N–H and O–H groups in total. The summed E-state index contributed by atoms with van der Waals surface area (Å²) >= 11 is 1.05. The highest BCUT2D eigenvalue weighted by atomic mass is 32.1. The predicted octanol–water partition coefficient (Wildman–Crippen LogP) is 2.00. The Bertz CT molecular complexity index is 492. The van der Waals surface area contributed by atoms with Crippen molar-refractivity contribution in [3.63, 3.8) is 0 Å². The summed E-state index contributed by atoms with van der Waals surface area (Å²) < 4.78 is 0. The number of carbonyl (C=O) groups excluding carboxylic acids is 1. The molecule has 2 heterocycles. The molecule has 1 aliphatic heterocycles. The Balaban J connectivity index is 1.96. The zero-order chi connectivity index (χ0) is 14.7. The molecule has 0 aliphatic carbocycles. The van der Waals surface area contributed by atoms with Crippen molar-refractivity contribution in [1.29, 1.82) is 0 Å². The molecule has 0 aromatic carbocycles. The van der Waals surface area contributed by atoms with Crippen molar-refractivity contribution >= 4 is 23.2 Å². The van der Waals surface area contributed by atoms with Gasteiger partial charge >= 0.3 is 5.97 Å². The summed E-state index contributed by atoms with van der Waals surface area (Å²) in [7, 11) is 0. The molecule has 1 fully saturated rings. The van der Waals surface area contributed by atoms with Crippen molar-refractivity contribution in [3.05, 3.63) is 21.9 Å². The lowest BCUT2D eigenvalue weighted by Gasteiger charge is -2.37. The average Bonchev–Trinajstić information content (AvgIpc) is 2.96. The molecule has 110 valence electrons. The maximum absolute atomic E-state index is 12.3. The van der Waals surface area contributed by atoms with Gasteiger partial charge in [-0.05, 0) is 25.5 Å². The number of amides is 1. The van der Waals surface area contributed by atoms with Gasteiger partial charge in [-0.3, -0.25) is 9.69 Å². The lowest BCUT2D eigenvalue weighted by atomic mass is 10.2. The number of carbonyl (C=O) groups is 2. The molecule has 1 atom stereocenters. The van der Waals surface area contributed by atoms with Crippen LogP contribution in [0.25, 0.3) is 0 Å². The molecule has 1 saturated heterocycles. The highest BCUT2D eigenvalue weighted by Crippen LogP contribution is 2.19. The van der Waals surface area contributed by atoms with Crippen molar-refractivity contribution < 1.29 is 14.7 Å². The van der Waals surface area contributed by atoms with Gasteiger partial charge in [0.15, 0.2) is 0 Å². The quantitative estimate of drug-likeness (QED) is 0.923. The number of rotatable bonds is 4. The Morgan fingerprint density at radius 3 is 2.35 bits per heavy atom. The fourth-order valence-electron chi connectivity index (χ4n) is 2.35. The molecule has 5 nitrogen and oxygen atoms in total. The summed E-state index contributed by atoms with van der Waals surface area (Å²) in [5.41, 5.74) is 0. The van der Waals surface area contributed by atoms with Crippen LogP contribution in [0.4, 0.5) is 0 Å². The molecular formula is C14H20N2O3S. The average molecular weight is 296 g/mol. The van der Waals surface area contributed by atoms with E-state index in [1.165, 1.54) is 6.07 Å². The second-order valence-corrected chi connectivity index (χ2v) is 6.14. The minimum absolute atomic E-state index is 0.0497. The molecule has 0 spiro atoms. The minimum Gasteiger partial charge on any atom is -0.477 e. The standard InChI is InChI=1S/C14H20N2O3S/c1-3-10(2)15-6-8-16(9-7-15)13(17)11-4-5-12(20-11)14(18)19/h4-5,10H,3,6-9H2,1-2H3,(H,18,19). The zero-order valence-corrected chi connectivity index (χ0v) is 12.7. The summed E-state index contributed by atoms with van der Waals surface area (Å²) in [6, 6.07) is 3.65. The molecule has 0 bridgehead atoms. The third-order valence-corrected chi connectivity index (χ3v) is 4.90. The Kier molecular flexibility index (Phi) is 4.77. The summed E-state index contributed by atoms with van der Waals surface area (Å²) in [6.07, 6.45) is 1.11. The van der Waals surface area contributed by atoms with E-state index in [1.54, 1.807) is 6.07 Å². The lowest BCUT2D eigenvalue weighted by Crippen LogP contribution is -2.51. The van der Waals surface area contributed by atoms with Gasteiger partial charge in [-0.2, -0.15) is 0 Å². The van der Waals surface area contributed by atoms with Crippen molar-refractivity contribution in [3.8, 4) is 0 Å². The van der Waals surface area contributed by atoms with Gasteiger partial charge in [0.25, 0.3) is 5.91 Å². The Morgan fingerprint density at radius 2 is 1.85 bits per heavy atom. The first-order valence-corrected chi connectivity index (χ1v) is 7.71. The number of carboxylic acid groups (broad SMARTS) is 1. The summed E-state index contributed by atoms with van der Waals surface area (Å²) in [5.74, 6) is -1.03. The monoisotopic (exact) mass is 296 g/mol. The molecule has 1 aromatic heterocycles. The van der Waals surface area contributed by atoms with Gasteiger partial charge in [-0.1, -0.05) is 6.92 Å². The molecule has 1 aliphatic rings. The van der Waals surface area contributed by atoms with Crippen LogP contribution in [0.15, 0.2) is 12.1 Å². The molecule has 0 radical (unpaired) electrons. The molecule has 1 amide bonds. The summed E-state index contributed by atoms with van der Waals surface area (Å²) in [4.78, 5) is 28.1. The van der Waals surface area contributed by atoms with Crippen LogP contribution >= 0.6 is 11.3 Å². The molecule has 1 aromatic rings. The molecular weight excluding hydrogens is 276 g/mol. The van der Waals surface area contributed by atoms with Gasteiger partial charge in [0, 0.05) is 32.2 Å². The van der Waals surface area contributed by atoms with E-state index in [-0.39, 0.29) is 10.8 Å². The van der Waals surface area contributed by atoms with E-state index < -0.39 is 5.97 Å². The van der Waals surface area contributed by atoms with E-state index >= 15 is 0 Å². The van der Waals surface area contributed by atoms with Crippen LogP contribution < -0.4 is 0 Å². The number of hydrogen-bond donors (Lipinski definition) is 1. The number of thiophene rings is 1. The van der Waals surface area contributed by atoms with Gasteiger partial charge in [-0.25, -0.2) is 4.79 Å². The van der Waals surface area contributed by atoms with E-state index in [4.69, 9.17) is 5.11 Å². The van der Waals surface area contributed by atoms with Crippen molar-refractivity contribution in [1.82, 2.24) is 9.80 Å². The van der Waals surface area contributed by atoms with Crippen LogP contribution in [0.2, 0.25) is 0 Å². The van der Waals surface area contributed by atoms with Crippen molar-refractivity contribution in [2.75, 3.05) is 26.2 Å². The van der Waals surface area contributed by atoms with Gasteiger partial charge < -0.3 is 10.0 Å². The second kappa shape index (κ2) is 6.37. The normalized spacial score (nSPS) is 18.0. The largest absolute Gasteiger partial charge is 0.477 e. The summed E-state index contributed by atoms with van der Waals surface area (Å²) in [5, 5.41) is 8.89. The molecule has 1 unspecified atom stereocenters. The van der Waals surface area contributed by atoms with Crippen LogP contribution in [-0.4, -0.2) is 59.0 Å². The van der Waals surface area contributed by atoms with Crippen LogP contribution in [0.5, 0.6) is 0 Å². The highest BCUT2D eigenvalue weighted by Gasteiger charge is 2.25. The number of carboxylic acids is 1. The van der Waals surface area contributed by atoms with Crippen molar-refractivity contribution in [2.45, 2.75) is 26.3 Å². The second-order valence-electron chi connectivity index (χ2n) is 5.05. The molecule has 20 heavy (non-hydrogen) atoms. The molecule has 6 heteroatoms. The first kappa shape index (κ1) is 15.0. The number of aromatic carboxylic acids is 1. The van der Waals surface area contributed by atoms with Gasteiger partial charge in [-0.15, -0.1) is 11.3 Å². The van der Waals surface area contributed by atoms with Crippen LogP contribution in [0.3, 0.4) is 0 Å². The molecule has 0 saturated carbocycles. The zero-order valence-electron chi connectivity index (χ0n) is 11.8. The maximum atomic E-state index is 12.3. The van der Waals surface area contributed by atoms with Crippen LogP contribution in [-0.2, 0) is 0 Å². The fraction of sp³-hybridized carbons (Fsp3) is 0.571. The Hall–Kier alpha value is -1.40. The SMILES string of the molecule is CCC(C)N1CCN(C(=O)c2ccc(C(=O)O)s2)CC1. The number of hydrogen-bond acceptors (Lipinski definition) is 4. The smallest absolute Gasteiger partial charge is 0.345 e. The van der Waals surface area contributed by atoms with E-state index in [0.717, 1.165) is 30.8 Å². The van der Waals surface area contributed by atoms with E-state index in [9.17, 15) is 9.59 Å². The van der Waals surface area contributed by atoms with E-state index in [2.05, 4.69) is 18.7 Å².